The number of carbonyl (C=O) groups is 1. The summed E-state index contributed by atoms with van der Waals surface area (Å²) in [5, 5.41) is 0. The number of hydrogen-bond acceptors (Lipinski definition) is 4. The zero-order chi connectivity index (χ0) is 16.1. The van der Waals surface area contributed by atoms with Crippen LogP contribution in [0.3, 0.4) is 0 Å². The van der Waals surface area contributed by atoms with E-state index in [1.165, 1.54) is 6.42 Å². The summed E-state index contributed by atoms with van der Waals surface area (Å²) in [5.74, 6) is 0.952. The Morgan fingerprint density at radius 1 is 1.17 bits per heavy atom. The van der Waals surface area contributed by atoms with Crippen molar-refractivity contribution < 1.29 is 14.3 Å². The smallest absolute Gasteiger partial charge is 0.339 e. The minimum absolute atomic E-state index is 0.341. The van der Waals surface area contributed by atoms with Gasteiger partial charge in [-0.2, -0.15) is 0 Å². The van der Waals surface area contributed by atoms with Crippen LogP contribution in [0.15, 0.2) is 54.4 Å². The molecule has 1 aliphatic rings. The Morgan fingerprint density at radius 2 is 1.91 bits per heavy atom. The SMILES string of the molecule is C/C(=C\c1cccnc1)C(=O)Oc1ccc(OC2CCC2)cc1. The number of benzene rings is 1. The molecule has 0 bridgehead atoms. The predicted octanol–water partition coefficient (Wildman–Crippen LogP) is 4.02. The second kappa shape index (κ2) is 7.09. The van der Waals surface area contributed by atoms with Gasteiger partial charge in [-0.05, 0) is 68.2 Å². The van der Waals surface area contributed by atoms with Crippen LogP contribution in [0, 0.1) is 0 Å². The molecule has 0 aliphatic heterocycles. The van der Waals surface area contributed by atoms with Crippen LogP contribution in [0.5, 0.6) is 11.5 Å². The van der Waals surface area contributed by atoms with Crippen molar-refractivity contribution in [2.75, 3.05) is 0 Å². The highest BCUT2D eigenvalue weighted by atomic mass is 16.5. The topological polar surface area (TPSA) is 48.4 Å². The molecule has 2 aromatic rings. The maximum Gasteiger partial charge on any atom is 0.339 e. The summed E-state index contributed by atoms with van der Waals surface area (Å²) in [6.07, 6.45) is 8.96. The zero-order valence-corrected chi connectivity index (χ0v) is 13.1. The molecule has 0 atom stereocenters. The summed E-state index contributed by atoms with van der Waals surface area (Å²) >= 11 is 0. The van der Waals surface area contributed by atoms with Gasteiger partial charge in [0.2, 0.25) is 0 Å². The van der Waals surface area contributed by atoms with Crippen LogP contribution in [0.2, 0.25) is 0 Å². The van der Waals surface area contributed by atoms with Crippen LogP contribution in [-0.2, 0) is 4.79 Å². The average Bonchev–Trinajstić information content (AvgIpc) is 2.53. The molecule has 1 aromatic carbocycles. The first-order chi connectivity index (χ1) is 11.2. The summed E-state index contributed by atoms with van der Waals surface area (Å²) in [6.45, 7) is 1.73. The number of aromatic nitrogens is 1. The fourth-order valence-corrected chi connectivity index (χ4v) is 2.23. The van der Waals surface area contributed by atoms with E-state index in [9.17, 15) is 4.79 Å². The molecular weight excluding hydrogens is 290 g/mol. The van der Waals surface area contributed by atoms with Crippen LogP contribution in [0.25, 0.3) is 6.08 Å². The van der Waals surface area contributed by atoms with E-state index in [0.29, 0.717) is 17.4 Å². The Morgan fingerprint density at radius 3 is 2.52 bits per heavy atom. The van der Waals surface area contributed by atoms with Gasteiger partial charge in [0.25, 0.3) is 0 Å². The summed E-state index contributed by atoms with van der Waals surface area (Å²) in [5.41, 5.74) is 1.39. The lowest BCUT2D eigenvalue weighted by molar-refractivity contribution is -0.130. The van der Waals surface area contributed by atoms with Crippen LogP contribution < -0.4 is 9.47 Å². The minimum Gasteiger partial charge on any atom is -0.490 e. The van der Waals surface area contributed by atoms with Gasteiger partial charge in [0.05, 0.1) is 6.10 Å². The van der Waals surface area contributed by atoms with Gasteiger partial charge in [0.15, 0.2) is 0 Å². The van der Waals surface area contributed by atoms with Crippen molar-refractivity contribution in [1.82, 2.24) is 4.98 Å². The Kier molecular flexibility index (Phi) is 4.71. The van der Waals surface area contributed by atoms with E-state index in [1.807, 2.05) is 24.3 Å². The van der Waals surface area contributed by atoms with Crippen LogP contribution in [0.4, 0.5) is 0 Å². The largest absolute Gasteiger partial charge is 0.490 e. The van der Waals surface area contributed by atoms with Gasteiger partial charge in [0.1, 0.15) is 11.5 Å². The molecule has 1 fully saturated rings. The predicted molar refractivity (Wildman–Crippen MR) is 88.2 cm³/mol. The van der Waals surface area contributed by atoms with Crippen molar-refractivity contribution in [3.63, 3.8) is 0 Å². The molecule has 0 radical (unpaired) electrons. The molecule has 0 N–H and O–H groups in total. The van der Waals surface area contributed by atoms with Gasteiger partial charge in [-0.15, -0.1) is 0 Å². The molecule has 1 saturated carbocycles. The summed E-state index contributed by atoms with van der Waals surface area (Å²) in [4.78, 5) is 16.1. The van der Waals surface area contributed by atoms with Crippen molar-refractivity contribution in [2.45, 2.75) is 32.3 Å². The van der Waals surface area contributed by atoms with Crippen molar-refractivity contribution in [2.24, 2.45) is 0 Å². The number of pyridine rings is 1. The lowest BCUT2D eigenvalue weighted by Gasteiger charge is -2.26. The van der Waals surface area contributed by atoms with Gasteiger partial charge < -0.3 is 9.47 Å². The lowest BCUT2D eigenvalue weighted by atomic mass is 9.96. The van der Waals surface area contributed by atoms with E-state index in [1.54, 1.807) is 37.5 Å². The van der Waals surface area contributed by atoms with Gasteiger partial charge in [0, 0.05) is 18.0 Å². The second-order valence-electron chi connectivity index (χ2n) is 5.65. The lowest BCUT2D eigenvalue weighted by Crippen LogP contribution is -2.24. The Balaban J connectivity index is 1.59. The maximum absolute atomic E-state index is 12.1. The Bertz CT molecular complexity index is 688. The quantitative estimate of drug-likeness (QED) is 0.475. The maximum atomic E-state index is 12.1. The summed E-state index contributed by atoms with van der Waals surface area (Å²) < 4.78 is 11.1. The standard InChI is InChI=1S/C19H19NO3/c1-14(12-15-4-3-11-20-13-15)19(21)23-18-9-7-17(8-10-18)22-16-5-2-6-16/h3-4,7-13,16H,2,5-6H2,1H3/b14-12+. The number of esters is 1. The highest BCUT2D eigenvalue weighted by Gasteiger charge is 2.19. The molecule has 0 unspecified atom stereocenters. The summed E-state index contributed by atoms with van der Waals surface area (Å²) in [7, 11) is 0. The number of hydrogen-bond donors (Lipinski definition) is 0. The second-order valence-corrected chi connectivity index (χ2v) is 5.65. The van der Waals surface area contributed by atoms with Crippen molar-refractivity contribution in [3.05, 3.63) is 59.9 Å². The Hall–Kier alpha value is -2.62. The first-order valence-corrected chi connectivity index (χ1v) is 7.78. The third-order valence-corrected chi connectivity index (χ3v) is 3.78. The van der Waals surface area contributed by atoms with E-state index >= 15 is 0 Å². The molecule has 3 rings (SSSR count). The minimum atomic E-state index is -0.374. The van der Waals surface area contributed by atoms with Crippen molar-refractivity contribution in [1.29, 1.82) is 0 Å². The van der Waals surface area contributed by atoms with Crippen LogP contribution >= 0.6 is 0 Å². The molecule has 1 aromatic heterocycles. The molecule has 23 heavy (non-hydrogen) atoms. The number of ether oxygens (including phenoxy) is 2. The van der Waals surface area contributed by atoms with Crippen LogP contribution in [-0.4, -0.2) is 17.1 Å². The molecule has 4 heteroatoms. The van der Waals surface area contributed by atoms with Crippen LogP contribution in [0.1, 0.15) is 31.7 Å². The number of rotatable bonds is 5. The first kappa shape index (κ1) is 15.3. The zero-order valence-electron chi connectivity index (χ0n) is 13.1. The van der Waals surface area contributed by atoms with E-state index < -0.39 is 0 Å². The highest BCUT2D eigenvalue weighted by molar-refractivity contribution is 5.94. The van der Waals surface area contributed by atoms with Gasteiger partial charge >= 0.3 is 5.97 Å². The highest BCUT2D eigenvalue weighted by Crippen LogP contribution is 2.26. The normalized spacial score (nSPS) is 14.9. The van der Waals surface area contributed by atoms with E-state index in [4.69, 9.17) is 9.47 Å². The fourth-order valence-electron chi connectivity index (χ4n) is 2.23. The molecule has 0 saturated heterocycles. The van der Waals surface area contributed by atoms with E-state index in [0.717, 1.165) is 24.2 Å². The van der Waals surface area contributed by atoms with Crippen molar-refractivity contribution >= 4 is 12.0 Å². The molecule has 1 aliphatic carbocycles. The third-order valence-electron chi connectivity index (χ3n) is 3.78. The molecular formula is C19H19NO3. The number of nitrogens with zero attached hydrogens (tertiary/aromatic N) is 1. The number of carbonyl (C=O) groups excluding carboxylic acids is 1. The molecule has 118 valence electrons. The molecule has 0 amide bonds. The molecule has 0 spiro atoms. The molecule has 1 heterocycles. The summed E-state index contributed by atoms with van der Waals surface area (Å²) in [6, 6.07) is 10.9. The Labute approximate surface area is 135 Å². The molecule has 4 nitrogen and oxygen atoms in total. The third kappa shape index (κ3) is 4.19. The van der Waals surface area contributed by atoms with E-state index in [-0.39, 0.29) is 5.97 Å². The monoisotopic (exact) mass is 309 g/mol. The van der Waals surface area contributed by atoms with E-state index in [2.05, 4.69) is 4.98 Å². The fraction of sp³-hybridized carbons (Fsp3) is 0.263. The first-order valence-electron chi connectivity index (χ1n) is 7.78. The van der Waals surface area contributed by atoms with Gasteiger partial charge in [-0.3, -0.25) is 4.98 Å². The van der Waals surface area contributed by atoms with Gasteiger partial charge in [-0.1, -0.05) is 6.07 Å². The average molecular weight is 309 g/mol. The van der Waals surface area contributed by atoms with Gasteiger partial charge in [-0.25, -0.2) is 4.79 Å². The van der Waals surface area contributed by atoms with Crippen molar-refractivity contribution in [3.8, 4) is 11.5 Å².